The van der Waals surface area contributed by atoms with E-state index in [1.807, 2.05) is 18.2 Å². The molecule has 1 aromatic carbocycles. The van der Waals surface area contributed by atoms with Crippen LogP contribution in [0.5, 0.6) is 0 Å². The summed E-state index contributed by atoms with van der Waals surface area (Å²) in [6.07, 6.45) is 0.369. The fourth-order valence-corrected chi connectivity index (χ4v) is 2.71. The van der Waals surface area contributed by atoms with E-state index in [0.29, 0.717) is 18.9 Å². The van der Waals surface area contributed by atoms with Crippen molar-refractivity contribution in [2.24, 2.45) is 5.92 Å². The highest BCUT2D eigenvalue weighted by molar-refractivity contribution is 5.74. The zero-order valence-corrected chi connectivity index (χ0v) is 12.5. The minimum absolute atomic E-state index is 0.152. The van der Waals surface area contributed by atoms with Crippen molar-refractivity contribution in [3.8, 4) is 0 Å². The predicted molar refractivity (Wildman–Crippen MR) is 81.8 cm³/mol. The molecule has 1 fully saturated rings. The number of nitrogens with zero attached hydrogens (tertiary/aromatic N) is 1. The number of carbonyl (C=O) groups excluding carboxylic acids is 1. The first-order valence-corrected chi connectivity index (χ1v) is 7.55. The predicted octanol–water partition coefficient (Wildman–Crippen LogP) is 2.17. The van der Waals surface area contributed by atoms with Crippen molar-refractivity contribution in [3.63, 3.8) is 0 Å². The number of hydrogen-bond donors (Lipinski definition) is 2. The van der Waals surface area contributed by atoms with E-state index < -0.39 is 6.67 Å². The number of rotatable bonds is 6. The van der Waals surface area contributed by atoms with Crippen molar-refractivity contribution in [2.75, 3.05) is 26.3 Å². The summed E-state index contributed by atoms with van der Waals surface area (Å²) in [4.78, 5) is 14.1. The fraction of sp³-hybridized carbons (Fsp3) is 0.562. The van der Waals surface area contributed by atoms with Gasteiger partial charge in [0.05, 0.1) is 6.67 Å². The molecule has 5 heteroatoms. The Morgan fingerprint density at radius 2 is 2.10 bits per heavy atom. The van der Waals surface area contributed by atoms with E-state index in [-0.39, 0.29) is 12.1 Å². The van der Waals surface area contributed by atoms with Gasteiger partial charge in [-0.15, -0.1) is 0 Å². The lowest BCUT2D eigenvalue weighted by Gasteiger charge is -2.17. The molecule has 1 saturated heterocycles. The Morgan fingerprint density at radius 3 is 2.81 bits per heavy atom. The molecule has 2 rings (SSSR count). The highest BCUT2D eigenvalue weighted by Crippen LogP contribution is 2.18. The highest BCUT2D eigenvalue weighted by Gasteiger charge is 2.30. The van der Waals surface area contributed by atoms with E-state index in [1.165, 1.54) is 5.56 Å². The molecule has 4 nitrogen and oxygen atoms in total. The van der Waals surface area contributed by atoms with Gasteiger partial charge in [-0.25, -0.2) is 4.79 Å². The van der Waals surface area contributed by atoms with Crippen molar-refractivity contribution >= 4 is 6.03 Å². The second-order valence-corrected chi connectivity index (χ2v) is 5.71. The maximum Gasteiger partial charge on any atom is 0.315 e. The Morgan fingerprint density at radius 1 is 1.33 bits per heavy atom. The Kier molecular flexibility index (Phi) is 5.99. The van der Waals surface area contributed by atoms with Crippen LogP contribution in [0, 0.1) is 5.92 Å². The van der Waals surface area contributed by atoms with Crippen molar-refractivity contribution in [3.05, 3.63) is 35.9 Å². The van der Waals surface area contributed by atoms with Gasteiger partial charge < -0.3 is 10.6 Å². The quantitative estimate of drug-likeness (QED) is 0.790. The lowest BCUT2D eigenvalue weighted by molar-refractivity contribution is 0.234. The molecule has 0 unspecified atom stereocenters. The number of urea groups is 1. The molecular formula is C16H24FN3O. The smallest absolute Gasteiger partial charge is 0.315 e. The Bertz CT molecular complexity index is 440. The second-order valence-electron chi connectivity index (χ2n) is 5.71. The summed E-state index contributed by atoms with van der Waals surface area (Å²) < 4.78 is 12.0. The number of hydrogen-bond acceptors (Lipinski definition) is 2. The first-order chi connectivity index (χ1) is 10.2. The maximum atomic E-state index is 12.0. The van der Waals surface area contributed by atoms with Crippen molar-refractivity contribution in [1.29, 1.82) is 0 Å². The van der Waals surface area contributed by atoms with Gasteiger partial charge in [-0.05, 0) is 17.9 Å². The molecule has 21 heavy (non-hydrogen) atoms. The summed E-state index contributed by atoms with van der Waals surface area (Å²) >= 11 is 0. The van der Waals surface area contributed by atoms with Gasteiger partial charge in [-0.2, -0.15) is 0 Å². The molecule has 1 heterocycles. The molecular weight excluding hydrogens is 269 g/mol. The van der Waals surface area contributed by atoms with Crippen molar-refractivity contribution < 1.29 is 9.18 Å². The van der Waals surface area contributed by atoms with Gasteiger partial charge in [0, 0.05) is 32.2 Å². The normalized spacial score (nSPS) is 22.2. The van der Waals surface area contributed by atoms with Crippen LogP contribution >= 0.6 is 0 Å². The lowest BCUT2D eigenvalue weighted by Crippen LogP contribution is -2.45. The number of amides is 2. The lowest BCUT2D eigenvalue weighted by atomic mass is 10.1. The van der Waals surface area contributed by atoms with Gasteiger partial charge in [-0.1, -0.05) is 37.3 Å². The molecule has 0 aromatic heterocycles. The number of nitrogens with one attached hydrogen (secondary N) is 2. The summed E-state index contributed by atoms with van der Waals surface area (Å²) in [6.45, 7) is 4.88. The van der Waals surface area contributed by atoms with Crippen LogP contribution in [0.3, 0.4) is 0 Å². The Hall–Kier alpha value is -1.62. The molecule has 0 aliphatic carbocycles. The van der Waals surface area contributed by atoms with Gasteiger partial charge in [0.2, 0.25) is 0 Å². The molecule has 0 saturated carbocycles. The molecule has 0 radical (unpaired) electrons. The van der Waals surface area contributed by atoms with Crippen LogP contribution in [0.4, 0.5) is 9.18 Å². The maximum absolute atomic E-state index is 12.0. The standard InChI is InChI=1S/C16H24FN3O/c1-13-10-20(11-14-6-3-2-4-7-14)12-15(13)19-16(21)18-9-5-8-17/h2-4,6-7,13,15H,5,8-12H2,1H3,(H2,18,19,21)/t13-,15-/m0/s1. The Labute approximate surface area is 125 Å². The molecule has 1 aromatic rings. The van der Waals surface area contributed by atoms with Gasteiger partial charge in [0.1, 0.15) is 0 Å². The monoisotopic (exact) mass is 293 g/mol. The SMILES string of the molecule is C[C@H]1CN(Cc2ccccc2)C[C@@H]1NC(=O)NCCCF. The van der Waals surface area contributed by atoms with Crippen LogP contribution in [0.1, 0.15) is 18.9 Å². The summed E-state index contributed by atoms with van der Waals surface area (Å²) in [5.41, 5.74) is 1.29. The molecule has 2 amide bonds. The summed E-state index contributed by atoms with van der Waals surface area (Å²) in [6, 6.07) is 10.3. The Balaban J connectivity index is 1.77. The molecule has 0 spiro atoms. The minimum atomic E-state index is -0.398. The summed E-state index contributed by atoms with van der Waals surface area (Å²) in [7, 11) is 0. The number of likely N-dealkylation sites (tertiary alicyclic amines) is 1. The van der Waals surface area contributed by atoms with Gasteiger partial charge >= 0.3 is 6.03 Å². The summed E-state index contributed by atoms with van der Waals surface area (Å²) in [5, 5.41) is 5.68. The van der Waals surface area contributed by atoms with E-state index in [9.17, 15) is 9.18 Å². The van der Waals surface area contributed by atoms with Crippen molar-refractivity contribution in [2.45, 2.75) is 25.9 Å². The largest absolute Gasteiger partial charge is 0.338 e. The molecule has 116 valence electrons. The van der Waals surface area contributed by atoms with Gasteiger partial charge in [0.15, 0.2) is 0 Å². The average Bonchev–Trinajstić information content (AvgIpc) is 2.80. The van der Waals surface area contributed by atoms with E-state index in [4.69, 9.17) is 0 Å². The molecule has 2 atom stereocenters. The zero-order valence-electron chi connectivity index (χ0n) is 12.5. The minimum Gasteiger partial charge on any atom is -0.338 e. The number of halogens is 1. The van der Waals surface area contributed by atoms with E-state index in [0.717, 1.165) is 19.6 Å². The highest BCUT2D eigenvalue weighted by atomic mass is 19.1. The van der Waals surface area contributed by atoms with Crippen LogP contribution in [-0.4, -0.2) is 43.3 Å². The first-order valence-electron chi connectivity index (χ1n) is 7.55. The van der Waals surface area contributed by atoms with Crippen molar-refractivity contribution in [1.82, 2.24) is 15.5 Å². The van der Waals surface area contributed by atoms with Gasteiger partial charge in [-0.3, -0.25) is 9.29 Å². The molecule has 2 N–H and O–H groups in total. The zero-order chi connectivity index (χ0) is 15.1. The summed E-state index contributed by atoms with van der Waals surface area (Å²) in [5.74, 6) is 0.417. The molecule has 1 aliphatic heterocycles. The first kappa shape index (κ1) is 15.8. The van der Waals surface area contributed by atoms with E-state index >= 15 is 0 Å². The van der Waals surface area contributed by atoms with Crippen LogP contribution < -0.4 is 10.6 Å². The number of carbonyl (C=O) groups is 1. The number of benzene rings is 1. The van der Waals surface area contributed by atoms with E-state index in [1.54, 1.807) is 0 Å². The van der Waals surface area contributed by atoms with Crippen LogP contribution in [0.15, 0.2) is 30.3 Å². The molecule has 0 bridgehead atoms. The topological polar surface area (TPSA) is 44.4 Å². The average molecular weight is 293 g/mol. The van der Waals surface area contributed by atoms with Crippen LogP contribution in [0.25, 0.3) is 0 Å². The van der Waals surface area contributed by atoms with Crippen LogP contribution in [0.2, 0.25) is 0 Å². The third kappa shape index (κ3) is 5.01. The van der Waals surface area contributed by atoms with Gasteiger partial charge in [0.25, 0.3) is 0 Å². The third-order valence-electron chi connectivity index (χ3n) is 3.85. The van der Waals surface area contributed by atoms with Crippen LogP contribution in [-0.2, 0) is 6.54 Å². The second kappa shape index (κ2) is 7.98. The molecule has 1 aliphatic rings. The van der Waals surface area contributed by atoms with E-state index in [2.05, 4.69) is 34.6 Å². The fourth-order valence-electron chi connectivity index (χ4n) is 2.71. The third-order valence-corrected chi connectivity index (χ3v) is 3.85. The number of alkyl halides is 1.